The lowest BCUT2D eigenvalue weighted by molar-refractivity contribution is -0.152. The number of hydrogen-bond donors (Lipinski definition) is 1. The minimum absolute atomic E-state index is 0.618. The lowest BCUT2D eigenvalue weighted by Crippen LogP contribution is -2.37. The summed E-state index contributed by atoms with van der Waals surface area (Å²) in [6.07, 6.45) is 6.51. The Morgan fingerprint density at radius 3 is 2.26 bits per heavy atom. The van der Waals surface area contributed by atoms with Crippen LogP contribution in [0.25, 0.3) is 0 Å². The van der Waals surface area contributed by atoms with Crippen molar-refractivity contribution in [1.29, 1.82) is 0 Å². The van der Waals surface area contributed by atoms with Crippen molar-refractivity contribution in [3.63, 3.8) is 0 Å². The van der Waals surface area contributed by atoms with Gasteiger partial charge in [-0.3, -0.25) is 0 Å². The van der Waals surface area contributed by atoms with E-state index in [1.54, 1.807) is 13.8 Å². The molecule has 0 atom stereocenters. The van der Waals surface area contributed by atoms with Crippen LogP contribution < -0.4 is 4.74 Å². The van der Waals surface area contributed by atoms with Crippen LogP contribution >= 0.6 is 0 Å². The lowest BCUT2D eigenvalue weighted by Gasteiger charge is -2.24. The predicted octanol–water partition coefficient (Wildman–Crippen LogP) is 3.98. The summed E-state index contributed by atoms with van der Waals surface area (Å²) in [6, 6.07) is 7.91. The van der Waals surface area contributed by atoms with E-state index >= 15 is 0 Å². The summed E-state index contributed by atoms with van der Waals surface area (Å²) in [7, 11) is 0. The summed E-state index contributed by atoms with van der Waals surface area (Å²) in [5.41, 5.74) is 0.159. The number of hydrogen-bond acceptors (Lipinski definition) is 2. The zero-order chi connectivity index (χ0) is 13.9. The van der Waals surface area contributed by atoms with Gasteiger partial charge in [0.1, 0.15) is 5.75 Å². The highest BCUT2D eigenvalue weighted by Gasteiger charge is 2.29. The van der Waals surface area contributed by atoms with Crippen molar-refractivity contribution in [2.75, 3.05) is 0 Å². The summed E-state index contributed by atoms with van der Waals surface area (Å²) in [5, 5.41) is 9.04. The first-order valence-corrected chi connectivity index (χ1v) is 7.01. The Labute approximate surface area is 114 Å². The van der Waals surface area contributed by atoms with Crippen molar-refractivity contribution in [3.8, 4) is 5.75 Å². The van der Waals surface area contributed by atoms with Crippen LogP contribution in [0.3, 0.4) is 0 Å². The highest BCUT2D eigenvalue weighted by Crippen LogP contribution is 2.33. The van der Waals surface area contributed by atoms with Crippen LogP contribution in [0.2, 0.25) is 0 Å². The maximum Gasteiger partial charge on any atom is 0.347 e. The minimum atomic E-state index is -1.19. The third kappa shape index (κ3) is 3.49. The van der Waals surface area contributed by atoms with Gasteiger partial charge in [-0.15, -0.1) is 0 Å². The molecule has 0 aromatic heterocycles. The minimum Gasteiger partial charge on any atom is -0.478 e. The Balaban J connectivity index is 2.04. The van der Waals surface area contributed by atoms with Crippen molar-refractivity contribution in [2.45, 2.75) is 57.5 Å². The molecule has 1 aromatic rings. The molecule has 3 nitrogen and oxygen atoms in total. The molecule has 104 valence electrons. The zero-order valence-corrected chi connectivity index (χ0v) is 11.7. The molecule has 1 aromatic carbocycles. The SMILES string of the molecule is CC(C)(Oc1ccc(C2CCCCC2)cc1)C(=O)O. The van der Waals surface area contributed by atoms with E-state index in [1.165, 1.54) is 37.7 Å². The van der Waals surface area contributed by atoms with Crippen molar-refractivity contribution < 1.29 is 14.6 Å². The molecule has 0 unspecified atom stereocenters. The van der Waals surface area contributed by atoms with Crippen LogP contribution in [0.15, 0.2) is 24.3 Å². The second kappa shape index (κ2) is 5.64. The highest BCUT2D eigenvalue weighted by atomic mass is 16.5. The standard InChI is InChI=1S/C16H22O3/c1-16(2,15(17)18)19-14-10-8-13(9-11-14)12-6-4-3-5-7-12/h8-12H,3-7H2,1-2H3,(H,17,18). The fourth-order valence-corrected chi connectivity index (χ4v) is 2.58. The van der Waals surface area contributed by atoms with E-state index in [2.05, 4.69) is 12.1 Å². The normalized spacial score (nSPS) is 17.2. The lowest BCUT2D eigenvalue weighted by atomic mass is 9.84. The monoisotopic (exact) mass is 262 g/mol. The Morgan fingerprint density at radius 1 is 1.16 bits per heavy atom. The summed E-state index contributed by atoms with van der Waals surface area (Å²) in [4.78, 5) is 11.0. The van der Waals surface area contributed by atoms with Gasteiger partial charge < -0.3 is 9.84 Å². The molecule has 0 amide bonds. The van der Waals surface area contributed by atoms with Gasteiger partial charge in [0, 0.05) is 0 Å². The molecular weight excluding hydrogens is 240 g/mol. The first-order valence-electron chi connectivity index (χ1n) is 7.01. The van der Waals surface area contributed by atoms with Gasteiger partial charge in [0.05, 0.1) is 0 Å². The molecule has 0 saturated heterocycles. The molecule has 0 aliphatic heterocycles. The van der Waals surface area contributed by atoms with Gasteiger partial charge in [-0.1, -0.05) is 31.4 Å². The van der Waals surface area contributed by atoms with E-state index in [-0.39, 0.29) is 0 Å². The Morgan fingerprint density at radius 2 is 1.74 bits per heavy atom. The number of ether oxygens (including phenoxy) is 1. The number of rotatable bonds is 4. The molecule has 2 rings (SSSR count). The molecule has 1 aliphatic carbocycles. The fraction of sp³-hybridized carbons (Fsp3) is 0.562. The van der Waals surface area contributed by atoms with Crippen molar-refractivity contribution in [3.05, 3.63) is 29.8 Å². The summed E-state index contributed by atoms with van der Waals surface area (Å²) >= 11 is 0. The molecule has 19 heavy (non-hydrogen) atoms. The molecule has 3 heteroatoms. The highest BCUT2D eigenvalue weighted by molar-refractivity contribution is 5.76. The smallest absolute Gasteiger partial charge is 0.347 e. The molecule has 0 spiro atoms. The van der Waals surface area contributed by atoms with Crippen molar-refractivity contribution >= 4 is 5.97 Å². The van der Waals surface area contributed by atoms with E-state index < -0.39 is 11.6 Å². The third-order valence-electron chi connectivity index (χ3n) is 3.84. The number of aliphatic carboxylic acids is 1. The Hall–Kier alpha value is -1.51. The topological polar surface area (TPSA) is 46.5 Å². The first kappa shape index (κ1) is 13.9. The number of carboxylic acid groups (broad SMARTS) is 1. The average Bonchev–Trinajstić information content (AvgIpc) is 2.40. The first-order chi connectivity index (χ1) is 8.99. The Kier molecular flexibility index (Phi) is 4.13. The molecule has 1 saturated carbocycles. The summed E-state index contributed by atoms with van der Waals surface area (Å²) in [5.74, 6) is 0.325. The van der Waals surface area contributed by atoms with Gasteiger partial charge >= 0.3 is 5.97 Å². The second-order valence-electron chi connectivity index (χ2n) is 5.82. The molecular formula is C16H22O3. The molecule has 0 bridgehead atoms. The van der Waals surface area contributed by atoms with Crippen LogP contribution in [0.1, 0.15) is 57.4 Å². The van der Waals surface area contributed by atoms with Crippen LogP contribution in [-0.2, 0) is 4.79 Å². The predicted molar refractivity (Wildman–Crippen MR) is 74.6 cm³/mol. The maximum atomic E-state index is 11.0. The molecule has 1 aliphatic rings. The quantitative estimate of drug-likeness (QED) is 0.892. The van der Waals surface area contributed by atoms with Crippen molar-refractivity contribution in [1.82, 2.24) is 0 Å². The van der Waals surface area contributed by atoms with Crippen LogP contribution in [0.5, 0.6) is 5.75 Å². The third-order valence-corrected chi connectivity index (χ3v) is 3.84. The average molecular weight is 262 g/mol. The van der Waals surface area contributed by atoms with E-state index in [9.17, 15) is 4.79 Å². The van der Waals surface area contributed by atoms with E-state index in [1.807, 2.05) is 12.1 Å². The van der Waals surface area contributed by atoms with Gasteiger partial charge in [0.2, 0.25) is 0 Å². The summed E-state index contributed by atoms with van der Waals surface area (Å²) < 4.78 is 5.51. The molecule has 1 N–H and O–H groups in total. The number of benzene rings is 1. The van der Waals surface area contributed by atoms with E-state index in [4.69, 9.17) is 9.84 Å². The van der Waals surface area contributed by atoms with Crippen molar-refractivity contribution in [2.24, 2.45) is 0 Å². The maximum absolute atomic E-state index is 11.0. The van der Waals surface area contributed by atoms with Crippen LogP contribution in [0, 0.1) is 0 Å². The number of carbonyl (C=O) groups is 1. The molecule has 0 radical (unpaired) electrons. The van der Waals surface area contributed by atoms with Crippen LogP contribution in [-0.4, -0.2) is 16.7 Å². The van der Waals surface area contributed by atoms with Gasteiger partial charge in [0.25, 0.3) is 0 Å². The van der Waals surface area contributed by atoms with Gasteiger partial charge in [-0.05, 0) is 50.3 Å². The van der Waals surface area contributed by atoms with E-state index in [0.29, 0.717) is 11.7 Å². The second-order valence-corrected chi connectivity index (χ2v) is 5.82. The van der Waals surface area contributed by atoms with Crippen LogP contribution in [0.4, 0.5) is 0 Å². The van der Waals surface area contributed by atoms with Gasteiger partial charge in [-0.2, -0.15) is 0 Å². The van der Waals surface area contributed by atoms with Gasteiger partial charge in [0.15, 0.2) is 5.60 Å². The summed E-state index contributed by atoms with van der Waals surface area (Å²) in [6.45, 7) is 3.12. The Bertz CT molecular complexity index is 428. The molecule has 1 fully saturated rings. The molecule has 0 heterocycles. The fourth-order valence-electron chi connectivity index (χ4n) is 2.58. The largest absolute Gasteiger partial charge is 0.478 e. The number of carboxylic acids is 1. The van der Waals surface area contributed by atoms with Gasteiger partial charge in [-0.25, -0.2) is 4.79 Å². The van der Waals surface area contributed by atoms with E-state index in [0.717, 1.165) is 0 Å². The zero-order valence-electron chi connectivity index (χ0n) is 11.7.